The lowest BCUT2D eigenvalue weighted by Gasteiger charge is -2.09. The Balaban J connectivity index is 1.70. The van der Waals surface area contributed by atoms with E-state index in [2.05, 4.69) is 15.3 Å². The molecule has 4 nitrogen and oxygen atoms in total. The smallest absolute Gasteiger partial charge is 0.234 e. The number of benzene rings is 2. The minimum atomic E-state index is -0.226. The molecule has 0 spiro atoms. The quantitative estimate of drug-likeness (QED) is 0.451. The van der Waals surface area contributed by atoms with Crippen LogP contribution in [-0.2, 0) is 4.79 Å². The summed E-state index contributed by atoms with van der Waals surface area (Å²) in [6.45, 7) is 1.90. The van der Waals surface area contributed by atoms with Gasteiger partial charge in [-0.15, -0.1) is 0 Å². The van der Waals surface area contributed by atoms with Crippen LogP contribution in [-0.4, -0.2) is 21.6 Å². The zero-order valence-electron chi connectivity index (χ0n) is 13.9. The van der Waals surface area contributed by atoms with E-state index in [-0.39, 0.29) is 11.7 Å². The number of hydrogen-bond donors (Lipinski definition) is 1. The Kier molecular flexibility index (Phi) is 6.14. The van der Waals surface area contributed by atoms with E-state index in [0.29, 0.717) is 20.9 Å². The molecule has 26 heavy (non-hydrogen) atoms. The van der Waals surface area contributed by atoms with Crippen LogP contribution in [0, 0.1) is 6.92 Å². The second-order valence-electron chi connectivity index (χ2n) is 5.48. The number of carbonyl (C=O) groups is 1. The van der Waals surface area contributed by atoms with E-state index in [1.807, 2.05) is 43.3 Å². The van der Waals surface area contributed by atoms with Crippen LogP contribution in [0.1, 0.15) is 5.69 Å². The normalized spacial score (nSPS) is 10.6. The average molecular weight is 404 g/mol. The van der Waals surface area contributed by atoms with Gasteiger partial charge in [-0.25, -0.2) is 9.97 Å². The van der Waals surface area contributed by atoms with Crippen molar-refractivity contribution < 1.29 is 4.79 Å². The lowest BCUT2D eigenvalue weighted by Crippen LogP contribution is -2.15. The van der Waals surface area contributed by atoms with Crippen molar-refractivity contribution in [2.45, 2.75) is 12.1 Å². The molecule has 0 atom stereocenters. The molecule has 1 amide bonds. The van der Waals surface area contributed by atoms with Crippen LogP contribution in [0.2, 0.25) is 10.0 Å². The summed E-state index contributed by atoms with van der Waals surface area (Å²) in [6.07, 6.45) is 0. The molecule has 0 bridgehead atoms. The minimum Gasteiger partial charge on any atom is -0.323 e. The molecule has 0 saturated carbocycles. The first-order valence-electron chi connectivity index (χ1n) is 7.80. The van der Waals surface area contributed by atoms with Gasteiger partial charge in [-0.3, -0.25) is 4.79 Å². The van der Waals surface area contributed by atoms with Crippen molar-refractivity contribution in [3.8, 4) is 11.3 Å². The molecule has 3 aromatic rings. The predicted molar refractivity (Wildman–Crippen MR) is 108 cm³/mol. The van der Waals surface area contributed by atoms with Gasteiger partial charge in [-0.2, -0.15) is 0 Å². The Hall–Kier alpha value is -2.08. The molecule has 0 aliphatic heterocycles. The first-order chi connectivity index (χ1) is 12.5. The van der Waals surface area contributed by atoms with E-state index in [9.17, 15) is 4.79 Å². The molecule has 0 aliphatic carbocycles. The van der Waals surface area contributed by atoms with Crippen molar-refractivity contribution in [3.05, 3.63) is 70.3 Å². The first kappa shape index (κ1) is 18.7. The maximum Gasteiger partial charge on any atom is 0.234 e. The van der Waals surface area contributed by atoms with Crippen molar-refractivity contribution in [2.24, 2.45) is 0 Å². The number of para-hydroxylation sites is 1. The van der Waals surface area contributed by atoms with Crippen molar-refractivity contribution in [1.29, 1.82) is 0 Å². The number of halogens is 2. The molecule has 0 saturated heterocycles. The van der Waals surface area contributed by atoms with E-state index in [1.165, 1.54) is 11.8 Å². The molecule has 1 heterocycles. The van der Waals surface area contributed by atoms with Gasteiger partial charge in [0.05, 0.1) is 27.2 Å². The number of aromatic nitrogens is 2. The first-order valence-corrected chi connectivity index (χ1v) is 9.55. The maximum absolute atomic E-state index is 12.2. The molecule has 0 radical (unpaired) electrons. The molecule has 3 rings (SSSR count). The van der Waals surface area contributed by atoms with Gasteiger partial charge in [0.2, 0.25) is 5.91 Å². The zero-order valence-corrected chi connectivity index (χ0v) is 16.2. The molecule has 0 fully saturated rings. The van der Waals surface area contributed by atoms with Crippen LogP contribution in [0.3, 0.4) is 0 Å². The highest BCUT2D eigenvalue weighted by atomic mass is 35.5. The van der Waals surface area contributed by atoms with Gasteiger partial charge in [0.25, 0.3) is 0 Å². The van der Waals surface area contributed by atoms with Gasteiger partial charge in [-0.1, -0.05) is 71.4 Å². The predicted octanol–water partition coefficient (Wildman–Crippen LogP) is 5.49. The number of rotatable bonds is 5. The highest BCUT2D eigenvalue weighted by molar-refractivity contribution is 7.99. The van der Waals surface area contributed by atoms with Gasteiger partial charge >= 0.3 is 0 Å². The van der Waals surface area contributed by atoms with Crippen molar-refractivity contribution >= 4 is 46.6 Å². The van der Waals surface area contributed by atoms with Crippen LogP contribution < -0.4 is 5.32 Å². The molecule has 132 valence electrons. The largest absolute Gasteiger partial charge is 0.323 e. The number of hydrogen-bond acceptors (Lipinski definition) is 4. The minimum absolute atomic E-state index is 0.152. The third-order valence-corrected chi connectivity index (χ3v) is 4.94. The second-order valence-corrected chi connectivity index (χ2v) is 7.23. The van der Waals surface area contributed by atoms with Gasteiger partial charge in [-0.05, 0) is 25.1 Å². The van der Waals surface area contributed by atoms with E-state index >= 15 is 0 Å². The fourth-order valence-corrected chi connectivity index (χ4v) is 3.48. The molecular formula is C19H15Cl2N3OS. The van der Waals surface area contributed by atoms with Gasteiger partial charge < -0.3 is 5.32 Å². The van der Waals surface area contributed by atoms with E-state index in [4.69, 9.17) is 23.2 Å². The van der Waals surface area contributed by atoms with Crippen molar-refractivity contribution in [2.75, 3.05) is 11.1 Å². The summed E-state index contributed by atoms with van der Waals surface area (Å²) in [7, 11) is 0. The number of amides is 1. The van der Waals surface area contributed by atoms with Crippen LogP contribution in [0.4, 0.5) is 5.69 Å². The van der Waals surface area contributed by atoms with Crippen LogP contribution in [0.15, 0.2) is 59.8 Å². The fourth-order valence-electron chi connectivity index (χ4n) is 2.29. The Labute approximate surface area is 166 Å². The number of anilines is 1. The van der Waals surface area contributed by atoms with Crippen molar-refractivity contribution in [3.63, 3.8) is 0 Å². The summed E-state index contributed by atoms with van der Waals surface area (Å²) in [4.78, 5) is 21.2. The van der Waals surface area contributed by atoms with Gasteiger partial charge in [0.15, 0.2) is 5.16 Å². The second kappa shape index (κ2) is 8.54. The van der Waals surface area contributed by atoms with E-state index in [1.54, 1.807) is 18.2 Å². The molecule has 2 aromatic carbocycles. The van der Waals surface area contributed by atoms with Gasteiger partial charge in [0, 0.05) is 11.3 Å². The Morgan fingerprint density at radius 3 is 2.42 bits per heavy atom. The Morgan fingerprint density at radius 2 is 1.73 bits per heavy atom. The molecule has 0 unspecified atom stereocenters. The van der Waals surface area contributed by atoms with Gasteiger partial charge in [0.1, 0.15) is 0 Å². The van der Waals surface area contributed by atoms with E-state index in [0.717, 1.165) is 17.0 Å². The SMILES string of the molecule is Cc1cc(-c2ccccc2)nc(SCC(=O)Nc2c(Cl)cccc2Cl)n1. The summed E-state index contributed by atoms with van der Waals surface area (Å²) < 4.78 is 0. The highest BCUT2D eigenvalue weighted by Crippen LogP contribution is 2.30. The Bertz CT molecular complexity index is 915. The number of nitrogens with zero attached hydrogens (tertiary/aromatic N) is 2. The maximum atomic E-state index is 12.2. The summed E-state index contributed by atoms with van der Waals surface area (Å²) >= 11 is 13.4. The molecular weight excluding hydrogens is 389 g/mol. The third kappa shape index (κ3) is 4.75. The summed E-state index contributed by atoms with van der Waals surface area (Å²) in [5.41, 5.74) is 3.09. The molecule has 7 heteroatoms. The molecule has 1 aromatic heterocycles. The summed E-state index contributed by atoms with van der Waals surface area (Å²) in [6, 6.07) is 16.8. The number of nitrogens with one attached hydrogen (secondary N) is 1. The fraction of sp³-hybridized carbons (Fsp3) is 0.105. The number of carbonyl (C=O) groups excluding carboxylic acids is 1. The van der Waals surface area contributed by atoms with Crippen LogP contribution in [0.5, 0.6) is 0 Å². The summed E-state index contributed by atoms with van der Waals surface area (Å²) in [5.74, 6) is -0.0736. The van der Waals surface area contributed by atoms with E-state index < -0.39 is 0 Å². The number of aryl methyl sites for hydroxylation is 1. The molecule has 1 N–H and O–H groups in total. The van der Waals surface area contributed by atoms with Crippen LogP contribution in [0.25, 0.3) is 11.3 Å². The standard InChI is InChI=1S/C19H15Cl2N3OS/c1-12-10-16(13-6-3-2-4-7-13)23-19(22-12)26-11-17(25)24-18-14(20)8-5-9-15(18)21/h2-10H,11H2,1H3,(H,24,25). The molecule has 0 aliphatic rings. The average Bonchev–Trinajstić information content (AvgIpc) is 2.63. The summed E-state index contributed by atoms with van der Waals surface area (Å²) in [5, 5.41) is 4.07. The highest BCUT2D eigenvalue weighted by Gasteiger charge is 2.12. The topological polar surface area (TPSA) is 54.9 Å². The number of thioether (sulfide) groups is 1. The van der Waals surface area contributed by atoms with Crippen LogP contribution >= 0.6 is 35.0 Å². The van der Waals surface area contributed by atoms with Crippen molar-refractivity contribution in [1.82, 2.24) is 9.97 Å². The lowest BCUT2D eigenvalue weighted by molar-refractivity contribution is -0.113. The third-order valence-electron chi connectivity index (χ3n) is 3.46. The zero-order chi connectivity index (χ0) is 18.5. The Morgan fingerprint density at radius 1 is 1.04 bits per heavy atom. The lowest BCUT2D eigenvalue weighted by atomic mass is 10.1. The monoisotopic (exact) mass is 403 g/mol.